The van der Waals surface area contributed by atoms with Crippen molar-refractivity contribution < 1.29 is 4.74 Å². The van der Waals surface area contributed by atoms with Gasteiger partial charge in [0.1, 0.15) is 5.75 Å². The number of hydrogen-bond donors (Lipinski definition) is 0. The lowest BCUT2D eigenvalue weighted by molar-refractivity contribution is 0.296. The van der Waals surface area contributed by atoms with Crippen LogP contribution in [0.5, 0.6) is 5.75 Å². The molecule has 0 aromatic heterocycles. The maximum atomic E-state index is 5.92. The minimum atomic E-state index is 0.356. The molecule has 0 N–H and O–H groups in total. The second-order valence-corrected chi connectivity index (χ2v) is 6.01. The van der Waals surface area contributed by atoms with Gasteiger partial charge in [-0.15, -0.1) is 0 Å². The summed E-state index contributed by atoms with van der Waals surface area (Å²) in [5.74, 6) is 1.25. The van der Waals surface area contributed by atoms with Crippen molar-refractivity contribution in [3.63, 3.8) is 0 Å². The Morgan fingerprint density at radius 2 is 1.84 bits per heavy atom. The third-order valence-corrected chi connectivity index (χ3v) is 4.39. The summed E-state index contributed by atoms with van der Waals surface area (Å²) in [5, 5.41) is 0.889. The van der Waals surface area contributed by atoms with Crippen molar-refractivity contribution in [1.29, 1.82) is 0 Å². The molecule has 0 fully saturated rings. The van der Waals surface area contributed by atoms with Gasteiger partial charge < -0.3 is 4.74 Å². The van der Waals surface area contributed by atoms with E-state index >= 15 is 0 Å². The van der Waals surface area contributed by atoms with E-state index < -0.39 is 0 Å². The molecule has 1 unspecified atom stereocenters. The van der Waals surface area contributed by atoms with Crippen LogP contribution < -0.4 is 4.74 Å². The monoisotopic (exact) mass is 382 g/mol. The van der Waals surface area contributed by atoms with Gasteiger partial charge in [0.25, 0.3) is 0 Å². The average Bonchev–Trinajstić information content (AvgIpc) is 2.43. The molecule has 0 heterocycles. The Kier molecular flexibility index (Phi) is 5.46. The molecule has 0 aliphatic rings. The molecule has 0 bridgehead atoms. The Morgan fingerprint density at radius 3 is 2.47 bits per heavy atom. The number of benzene rings is 2. The summed E-state index contributed by atoms with van der Waals surface area (Å²) in [4.78, 5) is 0. The van der Waals surface area contributed by atoms with E-state index in [1.165, 1.54) is 11.1 Å². The van der Waals surface area contributed by atoms with Crippen LogP contribution in [-0.2, 0) is 0 Å². The standard InChI is InChI=1S/C16H16Br2O/c1-12-7-8-16(15(18)9-12)19-11-14(10-17)13-5-3-2-4-6-13/h2-9,14H,10-11H2,1H3. The Balaban J connectivity index is 2.04. The highest BCUT2D eigenvalue weighted by Gasteiger charge is 2.11. The van der Waals surface area contributed by atoms with E-state index in [9.17, 15) is 0 Å². The van der Waals surface area contributed by atoms with Gasteiger partial charge in [-0.3, -0.25) is 0 Å². The summed E-state index contributed by atoms with van der Waals surface area (Å²) >= 11 is 7.10. The lowest BCUT2D eigenvalue weighted by atomic mass is 10.0. The van der Waals surface area contributed by atoms with Crippen LogP contribution >= 0.6 is 31.9 Å². The third-order valence-electron chi connectivity index (χ3n) is 2.98. The van der Waals surface area contributed by atoms with E-state index in [2.05, 4.69) is 75.2 Å². The molecular formula is C16H16Br2O. The quantitative estimate of drug-likeness (QED) is 0.635. The van der Waals surface area contributed by atoms with Gasteiger partial charge in [-0.05, 0) is 46.1 Å². The van der Waals surface area contributed by atoms with Crippen molar-refractivity contribution in [3.05, 3.63) is 64.1 Å². The van der Waals surface area contributed by atoms with E-state index in [1.54, 1.807) is 0 Å². The van der Waals surface area contributed by atoms with Gasteiger partial charge in [0.15, 0.2) is 0 Å². The van der Waals surface area contributed by atoms with Crippen LogP contribution in [0, 0.1) is 6.92 Å². The molecular weight excluding hydrogens is 368 g/mol. The van der Waals surface area contributed by atoms with Gasteiger partial charge in [-0.25, -0.2) is 0 Å². The summed E-state index contributed by atoms with van der Waals surface area (Å²) in [6, 6.07) is 16.6. The van der Waals surface area contributed by atoms with Gasteiger partial charge in [-0.2, -0.15) is 0 Å². The second kappa shape index (κ2) is 7.11. The summed E-state index contributed by atoms with van der Waals surface area (Å²) in [6.07, 6.45) is 0. The third kappa shape index (κ3) is 4.08. The lowest BCUT2D eigenvalue weighted by Gasteiger charge is -2.16. The zero-order valence-electron chi connectivity index (χ0n) is 10.8. The number of rotatable bonds is 5. The molecule has 1 atom stereocenters. The molecule has 100 valence electrons. The van der Waals surface area contributed by atoms with Crippen LogP contribution in [0.3, 0.4) is 0 Å². The number of aryl methyl sites for hydroxylation is 1. The van der Waals surface area contributed by atoms with E-state index in [1.807, 2.05) is 12.1 Å². The van der Waals surface area contributed by atoms with Crippen molar-refractivity contribution in [3.8, 4) is 5.75 Å². The highest BCUT2D eigenvalue weighted by Crippen LogP contribution is 2.27. The lowest BCUT2D eigenvalue weighted by Crippen LogP contribution is -2.11. The number of alkyl halides is 1. The Bertz CT molecular complexity index is 526. The molecule has 2 aromatic rings. The first-order valence-electron chi connectivity index (χ1n) is 6.20. The highest BCUT2D eigenvalue weighted by atomic mass is 79.9. The predicted molar refractivity (Wildman–Crippen MR) is 87.4 cm³/mol. The van der Waals surface area contributed by atoms with E-state index in [0.717, 1.165) is 15.6 Å². The molecule has 2 rings (SSSR count). The summed E-state index contributed by atoms with van der Waals surface area (Å²) in [7, 11) is 0. The molecule has 0 spiro atoms. The fourth-order valence-corrected chi connectivity index (χ4v) is 3.04. The first-order chi connectivity index (χ1) is 9.20. The number of hydrogen-bond acceptors (Lipinski definition) is 1. The van der Waals surface area contributed by atoms with Crippen molar-refractivity contribution >= 4 is 31.9 Å². The molecule has 0 amide bonds. The van der Waals surface area contributed by atoms with Gasteiger partial charge >= 0.3 is 0 Å². The smallest absolute Gasteiger partial charge is 0.133 e. The zero-order valence-corrected chi connectivity index (χ0v) is 13.9. The van der Waals surface area contributed by atoms with Crippen LogP contribution in [0.4, 0.5) is 0 Å². The minimum Gasteiger partial charge on any atom is -0.492 e. The summed E-state index contributed by atoms with van der Waals surface area (Å²) in [5.41, 5.74) is 2.52. The van der Waals surface area contributed by atoms with Gasteiger partial charge in [-0.1, -0.05) is 52.3 Å². The summed E-state index contributed by atoms with van der Waals surface area (Å²) in [6.45, 7) is 2.73. The van der Waals surface area contributed by atoms with Crippen LogP contribution in [0.25, 0.3) is 0 Å². The normalized spacial score (nSPS) is 12.2. The molecule has 0 saturated heterocycles. The molecule has 19 heavy (non-hydrogen) atoms. The fourth-order valence-electron chi connectivity index (χ4n) is 1.87. The first kappa shape index (κ1) is 14.6. The van der Waals surface area contributed by atoms with Crippen molar-refractivity contribution in [1.82, 2.24) is 0 Å². The summed E-state index contributed by atoms with van der Waals surface area (Å²) < 4.78 is 6.93. The van der Waals surface area contributed by atoms with Crippen molar-refractivity contribution in [2.45, 2.75) is 12.8 Å². The van der Waals surface area contributed by atoms with Crippen molar-refractivity contribution in [2.75, 3.05) is 11.9 Å². The Morgan fingerprint density at radius 1 is 1.11 bits per heavy atom. The highest BCUT2D eigenvalue weighted by molar-refractivity contribution is 9.10. The molecule has 0 saturated carbocycles. The molecule has 0 radical (unpaired) electrons. The maximum absolute atomic E-state index is 5.92. The number of ether oxygens (including phenoxy) is 1. The average molecular weight is 384 g/mol. The molecule has 0 aliphatic carbocycles. The second-order valence-electron chi connectivity index (χ2n) is 4.51. The van der Waals surface area contributed by atoms with E-state index in [0.29, 0.717) is 12.5 Å². The predicted octanol–water partition coefficient (Wildman–Crippen LogP) is 5.32. The fraction of sp³-hybridized carbons (Fsp3) is 0.250. The molecule has 3 heteroatoms. The van der Waals surface area contributed by atoms with Crippen LogP contribution in [0.15, 0.2) is 53.0 Å². The Hall–Kier alpha value is -0.800. The molecule has 1 nitrogen and oxygen atoms in total. The maximum Gasteiger partial charge on any atom is 0.133 e. The zero-order chi connectivity index (χ0) is 13.7. The van der Waals surface area contributed by atoms with Crippen LogP contribution in [0.1, 0.15) is 17.0 Å². The van der Waals surface area contributed by atoms with E-state index in [-0.39, 0.29) is 0 Å². The largest absolute Gasteiger partial charge is 0.492 e. The van der Waals surface area contributed by atoms with Crippen LogP contribution in [0.2, 0.25) is 0 Å². The van der Waals surface area contributed by atoms with Gasteiger partial charge in [0, 0.05) is 11.2 Å². The topological polar surface area (TPSA) is 9.23 Å². The molecule has 2 aromatic carbocycles. The van der Waals surface area contributed by atoms with E-state index in [4.69, 9.17) is 4.74 Å². The first-order valence-corrected chi connectivity index (χ1v) is 8.12. The van der Waals surface area contributed by atoms with Crippen LogP contribution in [-0.4, -0.2) is 11.9 Å². The molecule has 0 aliphatic heterocycles. The Labute approximate surface area is 131 Å². The SMILES string of the molecule is Cc1ccc(OCC(CBr)c2ccccc2)c(Br)c1. The van der Waals surface area contributed by atoms with Gasteiger partial charge in [0.2, 0.25) is 0 Å². The van der Waals surface area contributed by atoms with Crippen molar-refractivity contribution in [2.24, 2.45) is 0 Å². The van der Waals surface area contributed by atoms with Gasteiger partial charge in [0.05, 0.1) is 11.1 Å². The minimum absolute atomic E-state index is 0.356. The number of halogens is 2.